The average Bonchev–Trinajstić information content (AvgIpc) is 2.77. The summed E-state index contributed by atoms with van der Waals surface area (Å²) in [6.45, 7) is 8.21. The molecule has 0 unspecified atom stereocenters. The minimum Gasteiger partial charge on any atom is -0.493 e. The van der Waals surface area contributed by atoms with E-state index in [-0.39, 0.29) is 5.91 Å². The summed E-state index contributed by atoms with van der Waals surface area (Å²) in [7, 11) is 1.49. The van der Waals surface area contributed by atoms with Crippen molar-refractivity contribution in [3.63, 3.8) is 0 Å². The topological polar surface area (TPSA) is 83.5 Å². The van der Waals surface area contributed by atoms with Crippen LogP contribution in [0.4, 0.5) is 0 Å². The Labute approximate surface area is 188 Å². The molecule has 8 heteroatoms. The second-order valence-electron chi connectivity index (χ2n) is 7.84. The van der Waals surface area contributed by atoms with Gasteiger partial charge in [-0.1, -0.05) is 29.8 Å². The van der Waals surface area contributed by atoms with E-state index in [0.29, 0.717) is 23.6 Å². The van der Waals surface area contributed by atoms with Gasteiger partial charge in [0, 0.05) is 39.6 Å². The Bertz CT molecular complexity index is 951. The maximum absolute atomic E-state index is 12.2. The van der Waals surface area contributed by atoms with Gasteiger partial charge in [0.25, 0.3) is 5.91 Å². The monoisotopic (exact) mass is 438 g/mol. The number of esters is 1. The number of benzene rings is 2. The van der Waals surface area contributed by atoms with Crippen molar-refractivity contribution in [2.24, 2.45) is 5.10 Å². The van der Waals surface area contributed by atoms with Gasteiger partial charge in [0.2, 0.25) is 0 Å². The van der Waals surface area contributed by atoms with Gasteiger partial charge in [-0.2, -0.15) is 5.10 Å². The molecule has 0 spiro atoms. The molecule has 0 atom stereocenters. The fourth-order valence-electron chi connectivity index (χ4n) is 3.48. The molecule has 1 amide bonds. The maximum atomic E-state index is 12.2. The molecule has 0 bridgehead atoms. The molecule has 1 fully saturated rings. The first kappa shape index (κ1) is 23.4. The predicted molar refractivity (Wildman–Crippen MR) is 123 cm³/mol. The van der Waals surface area contributed by atoms with Crippen LogP contribution >= 0.6 is 0 Å². The van der Waals surface area contributed by atoms with Crippen LogP contribution in [0.2, 0.25) is 0 Å². The fraction of sp³-hybridized carbons (Fsp3) is 0.375. The third kappa shape index (κ3) is 7.18. The lowest BCUT2D eigenvalue weighted by Gasteiger charge is -2.34. The lowest BCUT2D eigenvalue weighted by molar-refractivity contribution is -0.132. The number of nitrogens with one attached hydrogen (secondary N) is 1. The molecule has 1 heterocycles. The highest BCUT2D eigenvalue weighted by Gasteiger charge is 2.18. The molecule has 1 aliphatic heterocycles. The summed E-state index contributed by atoms with van der Waals surface area (Å²) in [6, 6.07) is 13.7. The average molecular weight is 439 g/mol. The Balaban J connectivity index is 1.42. The zero-order valence-corrected chi connectivity index (χ0v) is 18.8. The van der Waals surface area contributed by atoms with Gasteiger partial charge in [0.05, 0.1) is 19.9 Å². The van der Waals surface area contributed by atoms with Gasteiger partial charge < -0.3 is 9.47 Å². The van der Waals surface area contributed by atoms with Crippen LogP contribution in [-0.4, -0.2) is 67.7 Å². The number of hydrogen-bond donors (Lipinski definition) is 1. The summed E-state index contributed by atoms with van der Waals surface area (Å²) in [4.78, 5) is 27.9. The predicted octanol–water partition coefficient (Wildman–Crippen LogP) is 2.20. The molecule has 170 valence electrons. The lowest BCUT2D eigenvalue weighted by atomic mass is 10.1. The van der Waals surface area contributed by atoms with Gasteiger partial charge in [0.1, 0.15) is 0 Å². The van der Waals surface area contributed by atoms with Crippen LogP contribution in [0.5, 0.6) is 11.5 Å². The van der Waals surface area contributed by atoms with E-state index in [1.54, 1.807) is 18.2 Å². The van der Waals surface area contributed by atoms with Crippen molar-refractivity contribution in [2.75, 3.05) is 39.8 Å². The highest BCUT2D eigenvalue weighted by atomic mass is 16.6. The zero-order chi connectivity index (χ0) is 22.9. The van der Waals surface area contributed by atoms with Crippen molar-refractivity contribution in [1.29, 1.82) is 0 Å². The number of methoxy groups -OCH3 is 1. The third-order valence-corrected chi connectivity index (χ3v) is 5.20. The Morgan fingerprint density at radius 2 is 1.72 bits per heavy atom. The Kier molecular flexibility index (Phi) is 8.35. The van der Waals surface area contributed by atoms with E-state index in [0.717, 1.165) is 32.7 Å². The Morgan fingerprint density at radius 1 is 1.03 bits per heavy atom. The highest BCUT2D eigenvalue weighted by Crippen LogP contribution is 2.27. The number of nitrogens with zero attached hydrogens (tertiary/aromatic N) is 3. The molecule has 8 nitrogen and oxygen atoms in total. The molecule has 1 N–H and O–H groups in total. The standard InChI is InChI=1S/C24H30N4O4/c1-18-4-6-20(7-5-18)16-27-10-12-28(13-11-27)17-24(30)26-25-15-21-8-9-22(32-19(2)29)23(14-21)31-3/h4-9,14-15H,10-13,16-17H2,1-3H3,(H,26,30). The van der Waals surface area contributed by atoms with Crippen LogP contribution in [0.25, 0.3) is 0 Å². The third-order valence-electron chi connectivity index (χ3n) is 5.20. The van der Waals surface area contributed by atoms with Crippen LogP contribution in [0.3, 0.4) is 0 Å². The lowest BCUT2D eigenvalue weighted by Crippen LogP contribution is -2.48. The number of hydrogen-bond acceptors (Lipinski definition) is 7. The van der Waals surface area contributed by atoms with E-state index in [2.05, 4.69) is 51.5 Å². The summed E-state index contributed by atoms with van der Waals surface area (Å²) in [5.74, 6) is 0.173. The van der Waals surface area contributed by atoms with E-state index in [1.165, 1.54) is 31.4 Å². The van der Waals surface area contributed by atoms with Gasteiger partial charge in [0.15, 0.2) is 11.5 Å². The first-order valence-corrected chi connectivity index (χ1v) is 10.6. The fourth-order valence-corrected chi connectivity index (χ4v) is 3.48. The summed E-state index contributed by atoms with van der Waals surface area (Å²) in [5, 5.41) is 4.03. The summed E-state index contributed by atoms with van der Waals surface area (Å²) in [6.07, 6.45) is 1.53. The summed E-state index contributed by atoms with van der Waals surface area (Å²) in [5.41, 5.74) is 5.86. The van der Waals surface area contributed by atoms with Crippen molar-refractivity contribution in [3.8, 4) is 11.5 Å². The number of carbonyl (C=O) groups is 2. The molecule has 0 aromatic heterocycles. The first-order chi connectivity index (χ1) is 15.4. The van der Waals surface area contributed by atoms with Gasteiger partial charge in [-0.25, -0.2) is 5.43 Å². The van der Waals surface area contributed by atoms with Crippen molar-refractivity contribution < 1.29 is 19.1 Å². The second-order valence-corrected chi connectivity index (χ2v) is 7.84. The van der Waals surface area contributed by atoms with Crippen LogP contribution in [-0.2, 0) is 16.1 Å². The molecular formula is C24H30N4O4. The Hall–Kier alpha value is -3.23. The van der Waals surface area contributed by atoms with E-state index in [4.69, 9.17) is 9.47 Å². The van der Waals surface area contributed by atoms with Crippen LogP contribution in [0.1, 0.15) is 23.6 Å². The van der Waals surface area contributed by atoms with E-state index in [1.807, 2.05) is 0 Å². The zero-order valence-electron chi connectivity index (χ0n) is 18.8. The molecule has 0 saturated carbocycles. The van der Waals surface area contributed by atoms with Crippen LogP contribution < -0.4 is 14.9 Å². The molecule has 0 radical (unpaired) electrons. The van der Waals surface area contributed by atoms with Crippen molar-refractivity contribution in [3.05, 3.63) is 59.2 Å². The van der Waals surface area contributed by atoms with Crippen LogP contribution in [0, 0.1) is 6.92 Å². The Morgan fingerprint density at radius 3 is 2.38 bits per heavy atom. The maximum Gasteiger partial charge on any atom is 0.308 e. The van der Waals surface area contributed by atoms with Gasteiger partial charge in [-0.3, -0.25) is 19.4 Å². The number of amides is 1. The van der Waals surface area contributed by atoms with Gasteiger partial charge in [-0.05, 0) is 36.2 Å². The minimum atomic E-state index is -0.423. The number of ether oxygens (including phenoxy) is 2. The number of piperazine rings is 1. The number of carbonyl (C=O) groups excluding carboxylic acids is 2. The largest absolute Gasteiger partial charge is 0.493 e. The minimum absolute atomic E-state index is 0.156. The van der Waals surface area contributed by atoms with Crippen molar-refractivity contribution in [1.82, 2.24) is 15.2 Å². The molecule has 1 saturated heterocycles. The van der Waals surface area contributed by atoms with Crippen LogP contribution in [0.15, 0.2) is 47.6 Å². The summed E-state index contributed by atoms with van der Waals surface area (Å²) >= 11 is 0. The van der Waals surface area contributed by atoms with Gasteiger partial charge >= 0.3 is 5.97 Å². The van der Waals surface area contributed by atoms with E-state index >= 15 is 0 Å². The van der Waals surface area contributed by atoms with Crippen molar-refractivity contribution in [2.45, 2.75) is 20.4 Å². The second kappa shape index (κ2) is 11.4. The van der Waals surface area contributed by atoms with Crippen molar-refractivity contribution >= 4 is 18.1 Å². The molecule has 2 aromatic carbocycles. The molecular weight excluding hydrogens is 408 g/mol. The molecule has 0 aliphatic carbocycles. The number of rotatable bonds is 8. The first-order valence-electron chi connectivity index (χ1n) is 10.6. The number of aryl methyl sites for hydroxylation is 1. The highest BCUT2D eigenvalue weighted by molar-refractivity contribution is 5.84. The summed E-state index contributed by atoms with van der Waals surface area (Å²) < 4.78 is 10.3. The quantitative estimate of drug-likeness (QED) is 0.294. The molecule has 2 aromatic rings. The molecule has 3 rings (SSSR count). The smallest absolute Gasteiger partial charge is 0.308 e. The van der Waals surface area contributed by atoms with Gasteiger partial charge in [-0.15, -0.1) is 0 Å². The normalized spacial score (nSPS) is 15.0. The molecule has 1 aliphatic rings. The van der Waals surface area contributed by atoms with E-state index < -0.39 is 5.97 Å². The number of hydrazone groups is 1. The SMILES string of the molecule is COc1cc(C=NNC(=O)CN2CCN(Cc3ccc(C)cc3)CC2)ccc1OC(C)=O. The molecule has 32 heavy (non-hydrogen) atoms. The van der Waals surface area contributed by atoms with E-state index in [9.17, 15) is 9.59 Å².